The number of nitrogens with two attached hydrogens (primary N) is 1. The second-order valence-corrected chi connectivity index (χ2v) is 4.94. The number of nitrogens with zero attached hydrogens (tertiary/aromatic N) is 2. The van der Waals surface area contributed by atoms with E-state index >= 15 is 0 Å². The van der Waals surface area contributed by atoms with Crippen LogP contribution in [0.15, 0.2) is 35.7 Å². The molecule has 0 atom stereocenters. The van der Waals surface area contributed by atoms with Gasteiger partial charge >= 0.3 is 0 Å². The number of fused-ring (bicyclic) bond motifs is 1. The Hall–Kier alpha value is -2.21. The van der Waals surface area contributed by atoms with E-state index in [0.29, 0.717) is 12.4 Å². The number of thiophene rings is 1. The number of nitrogen functional groups attached to an aromatic ring is 1. The first kappa shape index (κ1) is 11.9. The second kappa shape index (κ2) is 4.81. The van der Waals surface area contributed by atoms with Crippen LogP contribution in [-0.2, 0) is 6.54 Å². The average molecular weight is 274 g/mol. The van der Waals surface area contributed by atoms with E-state index in [0.717, 1.165) is 15.8 Å². The number of hydrogen-bond acceptors (Lipinski definition) is 5. The van der Waals surface area contributed by atoms with Gasteiger partial charge in [0.05, 0.1) is 5.39 Å². The van der Waals surface area contributed by atoms with Gasteiger partial charge in [0.1, 0.15) is 16.5 Å². The first-order chi connectivity index (χ1) is 9.22. The van der Waals surface area contributed by atoms with Gasteiger partial charge in [0.25, 0.3) is 0 Å². The van der Waals surface area contributed by atoms with Crippen molar-refractivity contribution in [3.8, 4) is 0 Å². The standard InChI is InChI=1S/C13H11FN4S/c14-9-3-1-8(2-4-9)7-16-11-10-5-6-19-12(10)18-13(15)17-11/h1-6H,7H2,(H3,15,16,17,18). The molecule has 3 N–H and O–H groups in total. The molecule has 0 unspecified atom stereocenters. The lowest BCUT2D eigenvalue weighted by molar-refractivity contribution is 0.627. The van der Waals surface area contributed by atoms with Gasteiger partial charge in [0.15, 0.2) is 0 Å². The van der Waals surface area contributed by atoms with Crippen molar-refractivity contribution in [1.82, 2.24) is 9.97 Å². The highest BCUT2D eigenvalue weighted by Crippen LogP contribution is 2.25. The van der Waals surface area contributed by atoms with Gasteiger partial charge in [-0.1, -0.05) is 12.1 Å². The molecule has 19 heavy (non-hydrogen) atoms. The Morgan fingerprint density at radius 3 is 2.74 bits per heavy atom. The van der Waals surface area contributed by atoms with E-state index in [4.69, 9.17) is 5.73 Å². The summed E-state index contributed by atoms with van der Waals surface area (Å²) in [5.41, 5.74) is 6.64. The Balaban J connectivity index is 1.85. The van der Waals surface area contributed by atoms with Crippen LogP contribution < -0.4 is 11.1 Å². The highest BCUT2D eigenvalue weighted by atomic mass is 32.1. The van der Waals surface area contributed by atoms with Crippen LogP contribution >= 0.6 is 11.3 Å². The number of hydrogen-bond donors (Lipinski definition) is 2. The van der Waals surface area contributed by atoms with Crippen LogP contribution in [0, 0.1) is 5.82 Å². The van der Waals surface area contributed by atoms with Crippen molar-refractivity contribution in [2.45, 2.75) is 6.54 Å². The maximum Gasteiger partial charge on any atom is 0.223 e. The molecule has 2 heterocycles. The smallest absolute Gasteiger partial charge is 0.223 e. The van der Waals surface area contributed by atoms with Crippen LogP contribution in [0.5, 0.6) is 0 Å². The quantitative estimate of drug-likeness (QED) is 0.770. The number of halogens is 1. The molecular formula is C13H11FN4S. The Bertz CT molecular complexity index is 708. The molecule has 4 nitrogen and oxygen atoms in total. The highest BCUT2D eigenvalue weighted by Gasteiger charge is 2.06. The van der Waals surface area contributed by atoms with Crippen molar-refractivity contribution in [3.63, 3.8) is 0 Å². The molecule has 3 aromatic rings. The molecule has 0 aliphatic rings. The van der Waals surface area contributed by atoms with Crippen LogP contribution in [0.1, 0.15) is 5.56 Å². The zero-order valence-corrected chi connectivity index (χ0v) is 10.7. The van der Waals surface area contributed by atoms with E-state index < -0.39 is 0 Å². The summed E-state index contributed by atoms with van der Waals surface area (Å²) in [6.45, 7) is 0.557. The van der Waals surface area contributed by atoms with E-state index in [9.17, 15) is 4.39 Å². The van der Waals surface area contributed by atoms with E-state index in [1.807, 2.05) is 11.4 Å². The predicted octanol–water partition coefficient (Wildman–Crippen LogP) is 3.02. The lowest BCUT2D eigenvalue weighted by atomic mass is 10.2. The Morgan fingerprint density at radius 1 is 1.16 bits per heavy atom. The van der Waals surface area contributed by atoms with Crippen molar-refractivity contribution in [2.75, 3.05) is 11.1 Å². The van der Waals surface area contributed by atoms with Gasteiger partial charge < -0.3 is 11.1 Å². The Morgan fingerprint density at radius 2 is 1.95 bits per heavy atom. The third kappa shape index (κ3) is 2.48. The highest BCUT2D eigenvalue weighted by molar-refractivity contribution is 7.16. The first-order valence-corrected chi connectivity index (χ1v) is 6.59. The SMILES string of the molecule is Nc1nc(NCc2ccc(F)cc2)c2ccsc2n1. The molecule has 0 bridgehead atoms. The minimum atomic E-state index is -0.241. The summed E-state index contributed by atoms with van der Waals surface area (Å²) in [6.07, 6.45) is 0. The average Bonchev–Trinajstić information content (AvgIpc) is 2.85. The van der Waals surface area contributed by atoms with Crippen molar-refractivity contribution in [1.29, 1.82) is 0 Å². The zero-order valence-electron chi connectivity index (χ0n) is 9.93. The number of anilines is 2. The molecule has 0 fully saturated rings. The largest absolute Gasteiger partial charge is 0.368 e. The monoisotopic (exact) mass is 274 g/mol. The predicted molar refractivity (Wildman–Crippen MR) is 75.6 cm³/mol. The normalized spacial score (nSPS) is 10.8. The molecule has 3 rings (SSSR count). The number of aromatic nitrogens is 2. The summed E-state index contributed by atoms with van der Waals surface area (Å²) >= 11 is 1.52. The van der Waals surface area contributed by atoms with Gasteiger partial charge in [-0.2, -0.15) is 4.98 Å². The van der Waals surface area contributed by atoms with Crippen molar-refractivity contribution >= 4 is 33.3 Å². The molecule has 96 valence electrons. The summed E-state index contributed by atoms with van der Waals surface area (Å²) < 4.78 is 12.8. The van der Waals surface area contributed by atoms with Gasteiger partial charge in [-0.05, 0) is 29.1 Å². The Labute approximate surface area is 113 Å². The topological polar surface area (TPSA) is 63.8 Å². The fraction of sp³-hybridized carbons (Fsp3) is 0.0769. The summed E-state index contributed by atoms with van der Waals surface area (Å²) in [6, 6.07) is 8.29. The molecule has 6 heteroatoms. The third-order valence-electron chi connectivity index (χ3n) is 2.72. The molecule has 0 aliphatic heterocycles. The summed E-state index contributed by atoms with van der Waals surface area (Å²) in [5.74, 6) is 0.708. The lowest BCUT2D eigenvalue weighted by Gasteiger charge is -2.07. The van der Waals surface area contributed by atoms with Gasteiger partial charge in [-0.15, -0.1) is 11.3 Å². The molecule has 0 saturated heterocycles. The van der Waals surface area contributed by atoms with Crippen LogP contribution in [0.2, 0.25) is 0 Å². The minimum absolute atomic E-state index is 0.241. The molecule has 1 aromatic carbocycles. The molecule has 0 amide bonds. The van der Waals surface area contributed by atoms with E-state index in [-0.39, 0.29) is 11.8 Å². The maximum absolute atomic E-state index is 12.8. The van der Waals surface area contributed by atoms with Gasteiger partial charge in [0.2, 0.25) is 5.95 Å². The van der Waals surface area contributed by atoms with Crippen LogP contribution in [-0.4, -0.2) is 9.97 Å². The van der Waals surface area contributed by atoms with Gasteiger partial charge in [-0.3, -0.25) is 0 Å². The van der Waals surface area contributed by atoms with Crippen molar-refractivity contribution in [2.24, 2.45) is 0 Å². The minimum Gasteiger partial charge on any atom is -0.368 e. The molecule has 2 aromatic heterocycles. The number of nitrogens with one attached hydrogen (secondary N) is 1. The van der Waals surface area contributed by atoms with E-state index in [1.165, 1.54) is 23.5 Å². The molecule has 0 saturated carbocycles. The molecule has 0 radical (unpaired) electrons. The number of benzene rings is 1. The van der Waals surface area contributed by atoms with Crippen LogP contribution in [0.3, 0.4) is 0 Å². The summed E-state index contributed by atoms with van der Waals surface area (Å²) in [7, 11) is 0. The zero-order chi connectivity index (χ0) is 13.2. The van der Waals surface area contributed by atoms with E-state index in [2.05, 4.69) is 15.3 Å². The van der Waals surface area contributed by atoms with Gasteiger partial charge in [-0.25, -0.2) is 9.37 Å². The fourth-order valence-corrected chi connectivity index (χ4v) is 2.57. The third-order valence-corrected chi connectivity index (χ3v) is 3.52. The Kier molecular flexibility index (Phi) is 3.00. The fourth-order valence-electron chi connectivity index (χ4n) is 1.79. The van der Waals surface area contributed by atoms with Crippen LogP contribution in [0.25, 0.3) is 10.2 Å². The number of rotatable bonds is 3. The molecule has 0 spiro atoms. The maximum atomic E-state index is 12.8. The summed E-state index contributed by atoms with van der Waals surface area (Å²) in [4.78, 5) is 9.21. The molecule has 0 aliphatic carbocycles. The van der Waals surface area contributed by atoms with E-state index in [1.54, 1.807) is 12.1 Å². The van der Waals surface area contributed by atoms with Crippen molar-refractivity contribution in [3.05, 3.63) is 47.1 Å². The van der Waals surface area contributed by atoms with Gasteiger partial charge in [0, 0.05) is 6.54 Å². The lowest BCUT2D eigenvalue weighted by Crippen LogP contribution is -2.04. The second-order valence-electron chi connectivity index (χ2n) is 4.05. The first-order valence-electron chi connectivity index (χ1n) is 5.71. The summed E-state index contributed by atoms with van der Waals surface area (Å²) in [5, 5.41) is 6.10. The van der Waals surface area contributed by atoms with Crippen molar-refractivity contribution < 1.29 is 4.39 Å². The van der Waals surface area contributed by atoms with Crippen LogP contribution in [0.4, 0.5) is 16.2 Å². The molecular weight excluding hydrogens is 263 g/mol.